The molecule has 0 bridgehead atoms. The van der Waals surface area contributed by atoms with Crippen LogP contribution < -0.4 is 5.73 Å². The van der Waals surface area contributed by atoms with Crippen molar-refractivity contribution in [3.05, 3.63) is 0 Å². The molecule has 0 spiro atoms. The average Bonchev–Trinajstić information content (AvgIpc) is 2.63. The van der Waals surface area contributed by atoms with Gasteiger partial charge in [-0.25, -0.2) is 0 Å². The highest BCUT2D eigenvalue weighted by atomic mass is 16.5. The Hall–Kier alpha value is -0.690. The maximum atomic E-state index is 11.9. The van der Waals surface area contributed by atoms with Gasteiger partial charge in [-0.05, 0) is 0 Å². The second-order valence-corrected chi connectivity index (χ2v) is 4.14. The summed E-state index contributed by atoms with van der Waals surface area (Å²) < 4.78 is 9.93. The number of hydrogen-bond acceptors (Lipinski definition) is 5. The third kappa shape index (κ3) is 3.41. The lowest BCUT2D eigenvalue weighted by molar-refractivity contribution is -0.136. The Bertz CT molecular complexity index is 237. The molecule has 0 aromatic carbocycles. The van der Waals surface area contributed by atoms with Crippen molar-refractivity contribution in [2.45, 2.75) is 12.1 Å². The van der Waals surface area contributed by atoms with Gasteiger partial charge in [-0.2, -0.15) is 0 Å². The van der Waals surface area contributed by atoms with Gasteiger partial charge in [0, 0.05) is 26.7 Å². The first-order valence-electron chi connectivity index (χ1n) is 5.31. The van der Waals surface area contributed by atoms with Crippen molar-refractivity contribution in [1.82, 2.24) is 4.90 Å². The molecule has 1 amide bonds. The van der Waals surface area contributed by atoms with E-state index < -0.39 is 6.10 Å². The SMILES string of the molecule is COCC(O)CN(C)C(=O)C1COCC1N. The van der Waals surface area contributed by atoms with Crippen LogP contribution in [0.1, 0.15) is 0 Å². The summed E-state index contributed by atoms with van der Waals surface area (Å²) in [5, 5.41) is 9.50. The molecule has 0 saturated carbocycles. The quantitative estimate of drug-likeness (QED) is 0.598. The monoisotopic (exact) mass is 232 g/mol. The summed E-state index contributed by atoms with van der Waals surface area (Å²) in [7, 11) is 3.15. The summed E-state index contributed by atoms with van der Waals surface area (Å²) in [4.78, 5) is 13.4. The molecule has 1 aliphatic rings. The summed E-state index contributed by atoms with van der Waals surface area (Å²) in [6.45, 7) is 1.25. The minimum atomic E-state index is -0.669. The molecule has 1 aliphatic heterocycles. The molecular formula is C10H20N2O4. The van der Waals surface area contributed by atoms with Crippen LogP contribution in [0.3, 0.4) is 0 Å². The zero-order valence-electron chi connectivity index (χ0n) is 9.76. The van der Waals surface area contributed by atoms with Crippen molar-refractivity contribution in [3.8, 4) is 0 Å². The first-order valence-corrected chi connectivity index (χ1v) is 5.31. The van der Waals surface area contributed by atoms with Gasteiger partial charge < -0.3 is 25.2 Å². The van der Waals surface area contributed by atoms with Crippen LogP contribution in [-0.2, 0) is 14.3 Å². The molecule has 16 heavy (non-hydrogen) atoms. The van der Waals surface area contributed by atoms with Gasteiger partial charge in [0.2, 0.25) is 5.91 Å². The first-order chi connectivity index (χ1) is 7.56. The van der Waals surface area contributed by atoms with Crippen LogP contribution >= 0.6 is 0 Å². The molecule has 0 aliphatic carbocycles. The minimum absolute atomic E-state index is 0.0832. The fraction of sp³-hybridized carbons (Fsp3) is 0.900. The van der Waals surface area contributed by atoms with E-state index in [0.717, 1.165) is 0 Å². The number of aliphatic hydroxyl groups is 1. The van der Waals surface area contributed by atoms with E-state index in [-0.39, 0.29) is 31.0 Å². The Kier molecular flexibility index (Phi) is 5.14. The van der Waals surface area contributed by atoms with E-state index >= 15 is 0 Å². The molecule has 3 unspecified atom stereocenters. The number of nitrogens with zero attached hydrogens (tertiary/aromatic N) is 1. The van der Waals surface area contributed by atoms with Gasteiger partial charge in [0.15, 0.2) is 0 Å². The lowest BCUT2D eigenvalue weighted by atomic mass is 10.0. The summed E-state index contributed by atoms with van der Waals surface area (Å²) >= 11 is 0. The highest BCUT2D eigenvalue weighted by Crippen LogP contribution is 2.14. The van der Waals surface area contributed by atoms with Gasteiger partial charge in [0.1, 0.15) is 0 Å². The molecule has 1 saturated heterocycles. The Morgan fingerprint density at radius 2 is 2.38 bits per heavy atom. The van der Waals surface area contributed by atoms with E-state index in [0.29, 0.717) is 13.2 Å². The van der Waals surface area contributed by atoms with Gasteiger partial charge in [-0.3, -0.25) is 4.79 Å². The zero-order chi connectivity index (χ0) is 12.1. The van der Waals surface area contributed by atoms with Crippen molar-refractivity contribution >= 4 is 5.91 Å². The molecule has 1 rings (SSSR count). The van der Waals surface area contributed by atoms with Gasteiger partial charge in [0.05, 0.1) is 31.8 Å². The second kappa shape index (κ2) is 6.15. The molecule has 3 atom stereocenters. The van der Waals surface area contributed by atoms with Crippen molar-refractivity contribution < 1.29 is 19.4 Å². The summed E-state index contributed by atoms with van der Waals surface area (Å²) in [6.07, 6.45) is -0.669. The Morgan fingerprint density at radius 3 is 2.88 bits per heavy atom. The molecule has 0 aromatic heterocycles. The van der Waals surface area contributed by atoms with Gasteiger partial charge in [-0.15, -0.1) is 0 Å². The highest BCUT2D eigenvalue weighted by Gasteiger charge is 2.33. The van der Waals surface area contributed by atoms with Crippen LogP contribution in [0.25, 0.3) is 0 Å². The van der Waals surface area contributed by atoms with Crippen LogP contribution in [-0.4, -0.2) is 68.6 Å². The van der Waals surface area contributed by atoms with Crippen molar-refractivity contribution in [2.75, 3.05) is 40.5 Å². The second-order valence-electron chi connectivity index (χ2n) is 4.14. The molecule has 0 radical (unpaired) electrons. The van der Waals surface area contributed by atoms with Crippen LogP contribution in [0.5, 0.6) is 0 Å². The van der Waals surface area contributed by atoms with E-state index in [1.165, 1.54) is 12.0 Å². The third-order valence-corrected chi connectivity index (χ3v) is 2.66. The number of nitrogens with two attached hydrogens (primary N) is 1. The number of carbonyl (C=O) groups is 1. The normalized spacial score (nSPS) is 26.8. The zero-order valence-corrected chi connectivity index (χ0v) is 9.76. The third-order valence-electron chi connectivity index (χ3n) is 2.66. The fourth-order valence-electron chi connectivity index (χ4n) is 1.76. The average molecular weight is 232 g/mol. The standard InChI is InChI=1S/C10H20N2O4/c1-12(3-7(13)4-15-2)10(14)8-5-16-6-9(8)11/h7-9,13H,3-6,11H2,1-2H3. The molecule has 3 N–H and O–H groups in total. The van der Waals surface area contributed by atoms with Crippen LogP contribution in [0.2, 0.25) is 0 Å². The van der Waals surface area contributed by atoms with Crippen molar-refractivity contribution in [3.63, 3.8) is 0 Å². The number of methoxy groups -OCH3 is 1. The largest absolute Gasteiger partial charge is 0.389 e. The fourth-order valence-corrected chi connectivity index (χ4v) is 1.76. The van der Waals surface area contributed by atoms with Crippen molar-refractivity contribution in [2.24, 2.45) is 11.7 Å². The molecular weight excluding hydrogens is 212 g/mol. The predicted molar refractivity (Wildman–Crippen MR) is 57.8 cm³/mol. The predicted octanol–water partition coefficient (Wildman–Crippen LogP) is -1.57. The van der Waals surface area contributed by atoms with Gasteiger partial charge in [0.25, 0.3) is 0 Å². The van der Waals surface area contributed by atoms with Crippen LogP contribution in [0, 0.1) is 5.92 Å². The van der Waals surface area contributed by atoms with E-state index in [4.69, 9.17) is 15.2 Å². The summed E-state index contributed by atoms with van der Waals surface area (Å²) in [6, 6.07) is -0.241. The summed E-state index contributed by atoms with van der Waals surface area (Å²) in [5.74, 6) is -0.375. The van der Waals surface area contributed by atoms with Crippen LogP contribution in [0.4, 0.5) is 0 Å². The van der Waals surface area contributed by atoms with E-state index in [1.807, 2.05) is 0 Å². The number of hydrogen-bond donors (Lipinski definition) is 2. The maximum absolute atomic E-state index is 11.9. The Labute approximate surface area is 95.3 Å². The Balaban J connectivity index is 2.40. The molecule has 0 aromatic rings. The highest BCUT2D eigenvalue weighted by molar-refractivity contribution is 5.79. The maximum Gasteiger partial charge on any atom is 0.229 e. The first kappa shape index (κ1) is 13.4. The van der Waals surface area contributed by atoms with Crippen LogP contribution in [0.15, 0.2) is 0 Å². The van der Waals surface area contributed by atoms with Gasteiger partial charge >= 0.3 is 0 Å². The van der Waals surface area contributed by atoms with Crippen molar-refractivity contribution in [1.29, 1.82) is 0 Å². The number of rotatable bonds is 5. The number of carbonyl (C=O) groups excluding carboxylic acids is 1. The molecule has 1 fully saturated rings. The number of likely N-dealkylation sites (N-methyl/N-ethyl adjacent to an activating group) is 1. The van der Waals surface area contributed by atoms with Gasteiger partial charge in [-0.1, -0.05) is 0 Å². The molecule has 1 heterocycles. The topological polar surface area (TPSA) is 85.0 Å². The Morgan fingerprint density at radius 1 is 1.69 bits per heavy atom. The summed E-state index contributed by atoms with van der Waals surface area (Å²) in [5.41, 5.74) is 5.75. The molecule has 6 nitrogen and oxygen atoms in total. The minimum Gasteiger partial charge on any atom is -0.389 e. The van der Waals surface area contributed by atoms with E-state index in [1.54, 1.807) is 7.05 Å². The van der Waals surface area contributed by atoms with E-state index in [9.17, 15) is 9.90 Å². The smallest absolute Gasteiger partial charge is 0.229 e. The molecule has 6 heteroatoms. The number of ether oxygens (including phenoxy) is 2. The number of amides is 1. The molecule has 94 valence electrons. The van der Waals surface area contributed by atoms with E-state index in [2.05, 4.69) is 0 Å². The lowest BCUT2D eigenvalue weighted by Gasteiger charge is -2.24. The lowest BCUT2D eigenvalue weighted by Crippen LogP contribution is -2.45. The number of aliphatic hydroxyl groups excluding tert-OH is 1.